The number of amides is 1. The molecule has 0 aromatic heterocycles. The standard InChI is InChI=1S/C16H28N2O/c1-7-12(2)8-9-13(3)10-11-15(14(4)17-5)16(19)18-6/h9,12H,5,7-8,10-11H2,1-4,6H3,(H,18,19)/b13-9-,15-14-. The van der Waals surface area contributed by atoms with Crippen molar-refractivity contribution in [1.82, 2.24) is 5.32 Å². The summed E-state index contributed by atoms with van der Waals surface area (Å²) in [6.07, 6.45) is 6.21. The third-order valence-corrected chi connectivity index (χ3v) is 3.51. The number of nitrogens with zero attached hydrogens (tertiary/aromatic N) is 1. The minimum absolute atomic E-state index is 0.0559. The SMILES string of the molecule is C=N/C(C)=C(/CC/C(C)=C\CC(C)CC)C(=O)NC. The maximum Gasteiger partial charge on any atom is 0.248 e. The van der Waals surface area contributed by atoms with Crippen molar-refractivity contribution >= 4 is 12.6 Å². The quantitative estimate of drug-likeness (QED) is 0.403. The number of aliphatic imine (C=N–C) groups is 1. The van der Waals surface area contributed by atoms with Crippen LogP contribution in [0.15, 0.2) is 27.9 Å². The van der Waals surface area contributed by atoms with E-state index in [9.17, 15) is 4.79 Å². The van der Waals surface area contributed by atoms with Gasteiger partial charge in [0, 0.05) is 18.3 Å². The number of rotatable bonds is 8. The normalized spacial score (nSPS) is 14.7. The molecule has 0 aliphatic rings. The second-order valence-corrected chi connectivity index (χ2v) is 5.10. The van der Waals surface area contributed by atoms with E-state index in [4.69, 9.17) is 0 Å². The number of hydrogen-bond acceptors (Lipinski definition) is 2. The first-order chi connectivity index (χ1) is 8.96. The monoisotopic (exact) mass is 264 g/mol. The Hall–Kier alpha value is -1.38. The van der Waals surface area contributed by atoms with Crippen LogP contribution in [0.4, 0.5) is 0 Å². The molecule has 108 valence electrons. The first kappa shape index (κ1) is 17.6. The summed E-state index contributed by atoms with van der Waals surface area (Å²) in [6, 6.07) is 0. The van der Waals surface area contributed by atoms with E-state index in [1.165, 1.54) is 12.0 Å². The van der Waals surface area contributed by atoms with Gasteiger partial charge in [-0.3, -0.25) is 9.79 Å². The highest BCUT2D eigenvalue weighted by Crippen LogP contribution is 2.18. The molecule has 0 aliphatic heterocycles. The Labute approximate surface area is 117 Å². The van der Waals surface area contributed by atoms with Crippen molar-refractivity contribution in [2.75, 3.05) is 7.05 Å². The molecular weight excluding hydrogens is 236 g/mol. The zero-order valence-electron chi connectivity index (χ0n) is 13.0. The Morgan fingerprint density at radius 3 is 2.47 bits per heavy atom. The number of carbonyl (C=O) groups excluding carboxylic acids is 1. The molecule has 0 saturated carbocycles. The summed E-state index contributed by atoms with van der Waals surface area (Å²) in [5, 5.41) is 2.66. The Morgan fingerprint density at radius 1 is 1.37 bits per heavy atom. The van der Waals surface area contributed by atoms with Gasteiger partial charge in [0.05, 0.1) is 0 Å². The van der Waals surface area contributed by atoms with E-state index in [1.54, 1.807) is 7.05 Å². The highest BCUT2D eigenvalue weighted by Gasteiger charge is 2.11. The molecule has 0 bridgehead atoms. The van der Waals surface area contributed by atoms with Gasteiger partial charge >= 0.3 is 0 Å². The van der Waals surface area contributed by atoms with Crippen LogP contribution in [0.5, 0.6) is 0 Å². The van der Waals surface area contributed by atoms with E-state index in [-0.39, 0.29) is 5.91 Å². The lowest BCUT2D eigenvalue weighted by Crippen LogP contribution is -2.21. The number of nitrogens with one attached hydrogen (secondary N) is 1. The molecule has 0 heterocycles. The summed E-state index contributed by atoms with van der Waals surface area (Å²) >= 11 is 0. The first-order valence-corrected chi connectivity index (χ1v) is 7.00. The topological polar surface area (TPSA) is 41.5 Å². The molecule has 0 aromatic carbocycles. The molecule has 0 fully saturated rings. The molecule has 0 aliphatic carbocycles. The van der Waals surface area contributed by atoms with Crippen LogP contribution in [-0.4, -0.2) is 19.7 Å². The van der Waals surface area contributed by atoms with Gasteiger partial charge in [-0.15, -0.1) is 0 Å². The van der Waals surface area contributed by atoms with Gasteiger partial charge in [0.2, 0.25) is 5.91 Å². The largest absolute Gasteiger partial charge is 0.355 e. The third-order valence-electron chi connectivity index (χ3n) is 3.51. The van der Waals surface area contributed by atoms with E-state index < -0.39 is 0 Å². The van der Waals surface area contributed by atoms with Gasteiger partial charge in [0.25, 0.3) is 0 Å². The van der Waals surface area contributed by atoms with E-state index in [1.807, 2.05) is 6.92 Å². The van der Waals surface area contributed by atoms with Crippen LogP contribution in [0.3, 0.4) is 0 Å². The van der Waals surface area contributed by atoms with Crippen molar-refractivity contribution in [3.63, 3.8) is 0 Å². The van der Waals surface area contributed by atoms with Crippen molar-refractivity contribution in [3.8, 4) is 0 Å². The van der Waals surface area contributed by atoms with E-state index in [0.29, 0.717) is 12.1 Å². The maximum absolute atomic E-state index is 11.8. The highest BCUT2D eigenvalue weighted by molar-refractivity contribution is 5.93. The van der Waals surface area contributed by atoms with Crippen molar-refractivity contribution < 1.29 is 4.79 Å². The summed E-state index contributed by atoms with van der Waals surface area (Å²) in [6.45, 7) is 11.9. The second-order valence-electron chi connectivity index (χ2n) is 5.10. The van der Waals surface area contributed by atoms with Crippen molar-refractivity contribution in [3.05, 3.63) is 22.9 Å². The Kier molecular flexibility index (Phi) is 8.84. The van der Waals surface area contributed by atoms with Crippen molar-refractivity contribution in [2.45, 2.75) is 53.4 Å². The van der Waals surface area contributed by atoms with Crippen molar-refractivity contribution in [2.24, 2.45) is 10.9 Å². The average molecular weight is 264 g/mol. The molecule has 0 saturated heterocycles. The summed E-state index contributed by atoms with van der Waals surface area (Å²) in [5.74, 6) is 0.667. The van der Waals surface area contributed by atoms with Gasteiger partial charge in [0.1, 0.15) is 0 Å². The molecule has 3 heteroatoms. The van der Waals surface area contributed by atoms with Gasteiger partial charge in [-0.25, -0.2) is 0 Å². The zero-order valence-corrected chi connectivity index (χ0v) is 13.0. The molecule has 0 rings (SSSR count). The molecular formula is C16H28N2O. The van der Waals surface area contributed by atoms with E-state index in [2.05, 4.69) is 43.9 Å². The predicted octanol–water partition coefficient (Wildman–Crippen LogP) is 3.87. The molecule has 19 heavy (non-hydrogen) atoms. The molecule has 1 atom stereocenters. The number of allylic oxidation sites excluding steroid dienone is 3. The molecule has 1 amide bonds. The minimum Gasteiger partial charge on any atom is -0.355 e. The second kappa shape index (κ2) is 9.54. The van der Waals surface area contributed by atoms with Crippen molar-refractivity contribution in [1.29, 1.82) is 0 Å². The van der Waals surface area contributed by atoms with Crippen LogP contribution in [-0.2, 0) is 4.79 Å². The van der Waals surface area contributed by atoms with Gasteiger partial charge < -0.3 is 5.32 Å². The summed E-state index contributed by atoms with van der Waals surface area (Å²) in [5.41, 5.74) is 2.78. The molecule has 1 N–H and O–H groups in total. The maximum atomic E-state index is 11.8. The van der Waals surface area contributed by atoms with Crippen LogP contribution in [0.25, 0.3) is 0 Å². The fraction of sp³-hybridized carbons (Fsp3) is 0.625. The van der Waals surface area contributed by atoms with E-state index in [0.717, 1.165) is 24.3 Å². The van der Waals surface area contributed by atoms with Crippen LogP contribution < -0.4 is 5.32 Å². The van der Waals surface area contributed by atoms with Crippen LogP contribution in [0.1, 0.15) is 53.4 Å². The zero-order chi connectivity index (χ0) is 14.8. The molecule has 0 spiro atoms. The van der Waals surface area contributed by atoms with Crippen LogP contribution >= 0.6 is 0 Å². The lowest BCUT2D eigenvalue weighted by molar-refractivity contribution is -0.117. The van der Waals surface area contributed by atoms with E-state index >= 15 is 0 Å². The van der Waals surface area contributed by atoms with Gasteiger partial charge in [-0.2, -0.15) is 0 Å². The van der Waals surface area contributed by atoms with Gasteiger partial charge in [-0.1, -0.05) is 31.9 Å². The Morgan fingerprint density at radius 2 is 2.00 bits per heavy atom. The predicted molar refractivity (Wildman–Crippen MR) is 83.4 cm³/mol. The molecule has 1 unspecified atom stereocenters. The first-order valence-electron chi connectivity index (χ1n) is 7.00. The minimum atomic E-state index is -0.0559. The third kappa shape index (κ3) is 6.94. The Balaban J connectivity index is 4.57. The number of hydrogen-bond donors (Lipinski definition) is 1. The summed E-state index contributed by atoms with van der Waals surface area (Å²) in [4.78, 5) is 15.6. The van der Waals surface area contributed by atoms with Crippen LogP contribution in [0.2, 0.25) is 0 Å². The lowest BCUT2D eigenvalue weighted by atomic mass is 9.99. The number of carbonyl (C=O) groups is 1. The fourth-order valence-corrected chi connectivity index (χ4v) is 1.70. The van der Waals surface area contributed by atoms with Gasteiger partial charge in [0.15, 0.2) is 0 Å². The van der Waals surface area contributed by atoms with Gasteiger partial charge in [-0.05, 0) is 45.7 Å². The Bertz CT molecular complexity index is 367. The van der Waals surface area contributed by atoms with Crippen LogP contribution in [0, 0.1) is 5.92 Å². The number of likely N-dealkylation sites (N-methyl/N-ethyl adjacent to an activating group) is 1. The molecule has 0 radical (unpaired) electrons. The molecule has 3 nitrogen and oxygen atoms in total. The fourth-order valence-electron chi connectivity index (χ4n) is 1.70. The average Bonchev–Trinajstić information content (AvgIpc) is 2.43. The summed E-state index contributed by atoms with van der Waals surface area (Å²) < 4.78 is 0. The lowest BCUT2D eigenvalue weighted by Gasteiger charge is -2.09. The summed E-state index contributed by atoms with van der Waals surface area (Å²) in [7, 11) is 1.64. The smallest absolute Gasteiger partial charge is 0.248 e. The molecule has 0 aromatic rings. The highest BCUT2D eigenvalue weighted by atomic mass is 16.1.